The van der Waals surface area contributed by atoms with E-state index in [2.05, 4.69) is 0 Å². The van der Waals surface area contributed by atoms with Gasteiger partial charge < -0.3 is 4.90 Å². The van der Waals surface area contributed by atoms with Crippen LogP contribution < -0.4 is 4.72 Å². The van der Waals surface area contributed by atoms with Gasteiger partial charge in [-0.25, -0.2) is 0 Å². The van der Waals surface area contributed by atoms with Crippen molar-refractivity contribution in [1.29, 1.82) is 0 Å². The Kier molecular flexibility index (Phi) is 5.09. The molecule has 5 nitrogen and oxygen atoms in total. The van der Waals surface area contributed by atoms with Crippen LogP contribution in [0, 0.1) is 0 Å². The Morgan fingerprint density at radius 2 is 1.78 bits per heavy atom. The Morgan fingerprint density at radius 1 is 1.11 bits per heavy atom. The lowest BCUT2D eigenvalue weighted by Crippen LogP contribution is -2.37. The first-order valence-electron chi connectivity index (χ1n) is 7.82. The van der Waals surface area contributed by atoms with Gasteiger partial charge in [0.15, 0.2) is 0 Å². The predicted octanol–water partition coefficient (Wildman–Crippen LogP) is 3.80. The molecule has 2 aromatic rings. The molecule has 0 spiro atoms. The lowest BCUT2D eigenvalue weighted by Gasteiger charge is -2.28. The highest BCUT2D eigenvalue weighted by Gasteiger charge is 2.46. The molecule has 1 N–H and O–H groups in total. The highest BCUT2D eigenvalue weighted by atomic mass is 35.5. The highest BCUT2D eigenvalue weighted by Crippen LogP contribution is 2.26. The molecule has 0 saturated carbocycles. The van der Waals surface area contributed by atoms with Crippen molar-refractivity contribution in [2.45, 2.75) is 18.5 Å². The minimum atomic E-state index is -5.46. The molecule has 0 aliphatic carbocycles. The molecule has 1 heterocycles. The standard InChI is InChI=1S/C17H14ClF3N2O3S/c18-13-3-6-15-12(9-13)7-8-23(16(15)24)10-11-1-4-14(5-2-11)22-27(25,26)17(19,20)21/h1-6,9,22H,7-8,10H2. The van der Waals surface area contributed by atoms with Gasteiger partial charge in [0.05, 0.1) is 0 Å². The maximum absolute atomic E-state index is 12.6. The van der Waals surface area contributed by atoms with E-state index in [1.165, 1.54) is 29.0 Å². The van der Waals surface area contributed by atoms with Crippen molar-refractivity contribution >= 4 is 33.2 Å². The number of hydrogen-bond donors (Lipinski definition) is 1. The predicted molar refractivity (Wildman–Crippen MR) is 94.9 cm³/mol. The van der Waals surface area contributed by atoms with E-state index < -0.39 is 15.5 Å². The molecule has 1 aliphatic heterocycles. The van der Waals surface area contributed by atoms with Crippen molar-refractivity contribution in [3.05, 3.63) is 64.2 Å². The molecule has 10 heteroatoms. The molecule has 3 rings (SSSR count). The number of hydrogen-bond acceptors (Lipinski definition) is 3. The first-order chi connectivity index (χ1) is 12.6. The number of carbonyl (C=O) groups is 1. The van der Waals surface area contributed by atoms with E-state index in [1.807, 2.05) is 0 Å². The fourth-order valence-electron chi connectivity index (χ4n) is 2.77. The van der Waals surface area contributed by atoms with Crippen LogP contribution in [0.15, 0.2) is 42.5 Å². The Morgan fingerprint density at radius 3 is 2.41 bits per heavy atom. The second-order valence-corrected chi connectivity index (χ2v) is 8.14. The van der Waals surface area contributed by atoms with Gasteiger partial charge in [0, 0.05) is 29.4 Å². The summed E-state index contributed by atoms with van der Waals surface area (Å²) in [6.07, 6.45) is 0.644. The smallest absolute Gasteiger partial charge is 0.334 e. The number of nitrogens with zero attached hydrogens (tertiary/aromatic N) is 1. The lowest BCUT2D eigenvalue weighted by molar-refractivity contribution is -0.0429. The molecule has 0 radical (unpaired) electrons. The third-order valence-corrected chi connectivity index (χ3v) is 5.47. The zero-order valence-corrected chi connectivity index (χ0v) is 15.3. The van der Waals surface area contributed by atoms with Gasteiger partial charge in [-0.2, -0.15) is 21.6 Å². The zero-order valence-electron chi connectivity index (χ0n) is 13.8. The van der Waals surface area contributed by atoms with Crippen LogP contribution in [0.25, 0.3) is 0 Å². The third kappa shape index (κ3) is 4.19. The van der Waals surface area contributed by atoms with Gasteiger partial charge in [0.2, 0.25) is 0 Å². The monoisotopic (exact) mass is 418 g/mol. The Labute approximate surface area is 158 Å². The van der Waals surface area contributed by atoms with Crippen molar-refractivity contribution in [3.8, 4) is 0 Å². The normalized spacial score (nSPS) is 14.8. The SMILES string of the molecule is O=C1c2ccc(Cl)cc2CCN1Cc1ccc(NS(=O)(=O)C(F)(F)F)cc1. The summed E-state index contributed by atoms with van der Waals surface area (Å²) in [5, 5.41) is 0.562. The van der Waals surface area contributed by atoms with Crippen LogP contribution in [-0.2, 0) is 23.0 Å². The molecular weight excluding hydrogens is 405 g/mol. The van der Waals surface area contributed by atoms with E-state index in [0.29, 0.717) is 29.1 Å². The van der Waals surface area contributed by atoms with E-state index >= 15 is 0 Å². The summed E-state index contributed by atoms with van der Waals surface area (Å²) >= 11 is 5.94. The number of anilines is 1. The Balaban J connectivity index is 1.71. The number of carbonyl (C=O) groups excluding carboxylic acids is 1. The largest absolute Gasteiger partial charge is 0.516 e. The highest BCUT2D eigenvalue weighted by molar-refractivity contribution is 7.93. The number of rotatable bonds is 4. The summed E-state index contributed by atoms with van der Waals surface area (Å²) in [6.45, 7) is 0.738. The van der Waals surface area contributed by atoms with Crippen LogP contribution in [0.5, 0.6) is 0 Å². The quantitative estimate of drug-likeness (QED) is 0.821. The molecule has 0 bridgehead atoms. The summed E-state index contributed by atoms with van der Waals surface area (Å²) < 4.78 is 60.9. The van der Waals surface area contributed by atoms with Crippen LogP contribution in [0.3, 0.4) is 0 Å². The van der Waals surface area contributed by atoms with Gasteiger partial charge in [-0.1, -0.05) is 23.7 Å². The van der Waals surface area contributed by atoms with E-state index in [1.54, 1.807) is 23.1 Å². The molecule has 2 aromatic carbocycles. The van der Waals surface area contributed by atoms with E-state index in [4.69, 9.17) is 11.6 Å². The van der Waals surface area contributed by atoms with Crippen LogP contribution in [0.1, 0.15) is 21.5 Å². The van der Waals surface area contributed by atoms with Gasteiger partial charge in [0.1, 0.15) is 0 Å². The number of fused-ring (bicyclic) bond motifs is 1. The molecule has 0 unspecified atom stereocenters. The molecule has 0 atom stereocenters. The summed E-state index contributed by atoms with van der Waals surface area (Å²) in [4.78, 5) is 14.2. The summed E-state index contributed by atoms with van der Waals surface area (Å²) in [5.41, 5.74) is -3.49. The average Bonchev–Trinajstić information content (AvgIpc) is 2.58. The number of sulfonamides is 1. The first-order valence-corrected chi connectivity index (χ1v) is 9.69. The fourth-order valence-corrected chi connectivity index (χ4v) is 3.52. The maximum Gasteiger partial charge on any atom is 0.516 e. The third-order valence-electron chi connectivity index (χ3n) is 4.12. The molecular formula is C17H14ClF3N2O3S. The van der Waals surface area contributed by atoms with Gasteiger partial charge in [-0.05, 0) is 47.9 Å². The van der Waals surface area contributed by atoms with Gasteiger partial charge in [-0.15, -0.1) is 0 Å². The summed E-state index contributed by atoms with van der Waals surface area (Å²) in [6, 6.07) is 10.5. The number of nitrogens with one attached hydrogen (secondary N) is 1. The van der Waals surface area contributed by atoms with Crippen LogP contribution >= 0.6 is 11.6 Å². The molecule has 0 saturated heterocycles. The number of benzene rings is 2. The van der Waals surface area contributed by atoms with Gasteiger partial charge in [0.25, 0.3) is 5.91 Å². The van der Waals surface area contributed by atoms with Gasteiger partial charge in [-0.3, -0.25) is 9.52 Å². The molecule has 144 valence electrons. The molecule has 1 amide bonds. The topological polar surface area (TPSA) is 66.5 Å². The number of amides is 1. The van der Waals surface area contributed by atoms with Gasteiger partial charge >= 0.3 is 15.5 Å². The van der Waals surface area contributed by atoms with Crippen LogP contribution in [0.4, 0.5) is 18.9 Å². The second-order valence-electron chi connectivity index (χ2n) is 6.03. The Bertz CT molecular complexity index is 976. The minimum absolute atomic E-state index is 0.158. The van der Waals surface area contributed by atoms with Crippen molar-refractivity contribution < 1.29 is 26.4 Å². The Hall–Kier alpha value is -2.26. The van der Waals surface area contributed by atoms with E-state index in [-0.39, 0.29) is 18.1 Å². The molecule has 1 aliphatic rings. The number of alkyl halides is 3. The molecule has 0 fully saturated rings. The zero-order chi connectivity index (χ0) is 19.8. The summed E-state index contributed by atoms with van der Waals surface area (Å²) in [5.74, 6) is -0.158. The summed E-state index contributed by atoms with van der Waals surface area (Å²) in [7, 11) is -5.46. The van der Waals surface area contributed by atoms with E-state index in [9.17, 15) is 26.4 Å². The minimum Gasteiger partial charge on any atom is -0.334 e. The molecule has 0 aromatic heterocycles. The fraction of sp³-hybridized carbons (Fsp3) is 0.235. The maximum atomic E-state index is 12.6. The van der Waals surface area contributed by atoms with Crippen molar-refractivity contribution in [2.75, 3.05) is 11.3 Å². The van der Waals surface area contributed by atoms with Crippen LogP contribution in [0.2, 0.25) is 5.02 Å². The number of halogens is 4. The lowest BCUT2D eigenvalue weighted by atomic mass is 9.98. The first kappa shape index (κ1) is 19.5. The average molecular weight is 419 g/mol. The van der Waals surface area contributed by atoms with E-state index in [0.717, 1.165) is 5.56 Å². The van der Waals surface area contributed by atoms with Crippen LogP contribution in [-0.4, -0.2) is 31.3 Å². The van der Waals surface area contributed by atoms with Crippen molar-refractivity contribution in [1.82, 2.24) is 4.90 Å². The van der Waals surface area contributed by atoms with Crippen molar-refractivity contribution in [3.63, 3.8) is 0 Å². The second kappa shape index (κ2) is 7.05. The van der Waals surface area contributed by atoms with Crippen molar-refractivity contribution in [2.24, 2.45) is 0 Å². The molecule has 27 heavy (non-hydrogen) atoms.